The molecule has 0 aliphatic heterocycles. The number of amides is 1. The van der Waals surface area contributed by atoms with E-state index in [2.05, 4.69) is 22.4 Å². The van der Waals surface area contributed by atoms with Gasteiger partial charge in [-0.3, -0.25) is 14.9 Å². The first-order valence-electron chi connectivity index (χ1n) is 8.96. The zero-order valence-corrected chi connectivity index (χ0v) is 15.9. The van der Waals surface area contributed by atoms with Gasteiger partial charge in [0.05, 0.1) is 5.92 Å². The summed E-state index contributed by atoms with van der Waals surface area (Å²) in [6.07, 6.45) is 3.62. The predicted octanol–water partition coefficient (Wildman–Crippen LogP) is 4.93. The number of nitrogens with zero attached hydrogens (tertiary/aromatic N) is 2. The lowest BCUT2D eigenvalue weighted by Gasteiger charge is -2.15. The Labute approximate surface area is 162 Å². The molecule has 0 aliphatic carbocycles. The molecule has 1 atom stereocenters. The molecule has 0 fully saturated rings. The molecule has 0 spiro atoms. The Morgan fingerprint density at radius 1 is 1.11 bits per heavy atom. The molecule has 3 rings (SSSR count). The number of nitrogens with one attached hydrogen (secondary N) is 1. The lowest BCUT2D eigenvalue weighted by molar-refractivity contribution is -0.117. The van der Waals surface area contributed by atoms with E-state index < -0.39 is 0 Å². The van der Waals surface area contributed by atoms with E-state index in [9.17, 15) is 9.59 Å². The van der Waals surface area contributed by atoms with Crippen LogP contribution in [0.5, 0.6) is 0 Å². The van der Waals surface area contributed by atoms with Crippen molar-refractivity contribution in [3.63, 3.8) is 0 Å². The second-order valence-electron chi connectivity index (χ2n) is 6.25. The van der Waals surface area contributed by atoms with Crippen LogP contribution in [0.1, 0.15) is 48.0 Å². The van der Waals surface area contributed by atoms with Gasteiger partial charge in [-0.05, 0) is 12.0 Å². The third-order valence-corrected chi connectivity index (χ3v) is 5.20. The lowest BCUT2D eigenvalue weighted by atomic mass is 9.93. The number of rotatable bonds is 8. The fourth-order valence-electron chi connectivity index (χ4n) is 2.83. The number of hydrogen-bond donors (Lipinski definition) is 1. The number of aromatic nitrogens is 2. The minimum atomic E-state index is -0.203. The van der Waals surface area contributed by atoms with Crippen LogP contribution in [-0.2, 0) is 4.79 Å². The topological polar surface area (TPSA) is 72.0 Å². The van der Waals surface area contributed by atoms with E-state index in [0.29, 0.717) is 15.7 Å². The summed E-state index contributed by atoms with van der Waals surface area (Å²) in [5.41, 5.74) is 2.49. The molecule has 1 N–H and O–H groups in total. The van der Waals surface area contributed by atoms with Crippen molar-refractivity contribution in [2.45, 2.75) is 32.1 Å². The minimum Gasteiger partial charge on any atom is -0.300 e. The van der Waals surface area contributed by atoms with Gasteiger partial charge in [0.1, 0.15) is 11.3 Å². The van der Waals surface area contributed by atoms with Gasteiger partial charge in [-0.2, -0.15) is 0 Å². The van der Waals surface area contributed by atoms with Gasteiger partial charge in [-0.25, -0.2) is 0 Å². The maximum Gasteiger partial charge on any atom is 0.233 e. The van der Waals surface area contributed by atoms with Crippen molar-refractivity contribution in [1.82, 2.24) is 10.2 Å². The summed E-state index contributed by atoms with van der Waals surface area (Å²) in [6.45, 7) is 2.12. The summed E-state index contributed by atoms with van der Waals surface area (Å²) in [7, 11) is 0. The van der Waals surface area contributed by atoms with Gasteiger partial charge in [0, 0.05) is 11.1 Å². The van der Waals surface area contributed by atoms with Crippen LogP contribution < -0.4 is 5.32 Å². The largest absolute Gasteiger partial charge is 0.300 e. The molecule has 138 valence electrons. The number of carbonyl (C=O) groups is 2. The van der Waals surface area contributed by atoms with Gasteiger partial charge in [0.2, 0.25) is 11.0 Å². The Kier molecular flexibility index (Phi) is 6.44. The van der Waals surface area contributed by atoms with Crippen LogP contribution in [0.2, 0.25) is 0 Å². The Bertz CT molecular complexity index is 891. The van der Waals surface area contributed by atoms with E-state index in [1.165, 1.54) is 11.3 Å². The SMILES string of the molecule is CCCCC(C(=O)Nc1nnc(-c2ccc(C=O)cc2)s1)c1ccccc1. The van der Waals surface area contributed by atoms with E-state index in [0.717, 1.165) is 36.7 Å². The Hall–Kier alpha value is -2.86. The molecule has 0 saturated heterocycles. The van der Waals surface area contributed by atoms with Gasteiger partial charge in [0.25, 0.3) is 0 Å². The van der Waals surface area contributed by atoms with Crippen LogP contribution in [0.15, 0.2) is 54.6 Å². The van der Waals surface area contributed by atoms with Crippen molar-refractivity contribution in [3.8, 4) is 10.6 Å². The zero-order valence-electron chi connectivity index (χ0n) is 15.1. The van der Waals surface area contributed by atoms with E-state index >= 15 is 0 Å². The molecule has 1 amide bonds. The second kappa shape index (κ2) is 9.19. The molecule has 1 aromatic heterocycles. The summed E-state index contributed by atoms with van der Waals surface area (Å²) in [6, 6.07) is 16.9. The van der Waals surface area contributed by atoms with Crippen molar-refractivity contribution in [2.24, 2.45) is 0 Å². The average molecular weight is 379 g/mol. The lowest BCUT2D eigenvalue weighted by Crippen LogP contribution is -2.21. The monoisotopic (exact) mass is 379 g/mol. The van der Waals surface area contributed by atoms with E-state index in [4.69, 9.17) is 0 Å². The smallest absolute Gasteiger partial charge is 0.233 e. The first-order chi connectivity index (χ1) is 13.2. The summed E-state index contributed by atoms with van der Waals surface area (Å²) < 4.78 is 0. The van der Waals surface area contributed by atoms with Crippen LogP contribution in [0.25, 0.3) is 10.6 Å². The quantitative estimate of drug-likeness (QED) is 0.563. The second-order valence-corrected chi connectivity index (χ2v) is 7.22. The number of benzene rings is 2. The summed E-state index contributed by atoms with van der Waals surface area (Å²) in [4.78, 5) is 23.6. The Morgan fingerprint density at radius 3 is 2.52 bits per heavy atom. The van der Waals surface area contributed by atoms with E-state index in [1.807, 2.05) is 42.5 Å². The first-order valence-corrected chi connectivity index (χ1v) is 9.78. The molecular weight excluding hydrogens is 358 g/mol. The van der Waals surface area contributed by atoms with Crippen LogP contribution in [0.3, 0.4) is 0 Å². The van der Waals surface area contributed by atoms with Gasteiger partial charge in [-0.1, -0.05) is 85.7 Å². The number of hydrogen-bond acceptors (Lipinski definition) is 5. The molecule has 1 heterocycles. The highest BCUT2D eigenvalue weighted by molar-refractivity contribution is 7.18. The summed E-state index contributed by atoms with van der Waals surface area (Å²) in [5, 5.41) is 12.3. The maximum atomic E-state index is 12.8. The molecule has 27 heavy (non-hydrogen) atoms. The Balaban J connectivity index is 1.74. The third kappa shape index (κ3) is 4.86. The molecule has 3 aromatic rings. The highest BCUT2D eigenvalue weighted by Crippen LogP contribution is 2.29. The summed E-state index contributed by atoms with van der Waals surface area (Å²) in [5.74, 6) is -0.265. The van der Waals surface area contributed by atoms with Gasteiger partial charge < -0.3 is 0 Å². The molecule has 0 bridgehead atoms. The van der Waals surface area contributed by atoms with Crippen LogP contribution in [0.4, 0.5) is 5.13 Å². The highest BCUT2D eigenvalue weighted by atomic mass is 32.1. The van der Waals surface area contributed by atoms with Crippen molar-refractivity contribution in [1.29, 1.82) is 0 Å². The minimum absolute atomic E-state index is 0.0614. The number of carbonyl (C=O) groups excluding carboxylic acids is 2. The van der Waals surface area contributed by atoms with Crippen LogP contribution >= 0.6 is 11.3 Å². The van der Waals surface area contributed by atoms with E-state index in [1.54, 1.807) is 12.1 Å². The first kappa shape index (κ1) is 18.9. The van der Waals surface area contributed by atoms with Gasteiger partial charge in [-0.15, -0.1) is 10.2 Å². The van der Waals surface area contributed by atoms with Crippen LogP contribution in [-0.4, -0.2) is 22.4 Å². The van der Waals surface area contributed by atoms with Crippen molar-refractivity contribution < 1.29 is 9.59 Å². The molecule has 2 aromatic carbocycles. The molecule has 0 saturated carbocycles. The molecule has 1 unspecified atom stereocenters. The number of unbranched alkanes of at least 4 members (excludes halogenated alkanes) is 1. The fraction of sp³-hybridized carbons (Fsp3) is 0.238. The van der Waals surface area contributed by atoms with Crippen molar-refractivity contribution in [2.75, 3.05) is 5.32 Å². The molecule has 0 radical (unpaired) electrons. The van der Waals surface area contributed by atoms with Crippen LogP contribution in [0, 0.1) is 0 Å². The number of aldehydes is 1. The predicted molar refractivity (Wildman–Crippen MR) is 108 cm³/mol. The van der Waals surface area contributed by atoms with Gasteiger partial charge in [0.15, 0.2) is 0 Å². The highest BCUT2D eigenvalue weighted by Gasteiger charge is 2.21. The molecule has 6 heteroatoms. The van der Waals surface area contributed by atoms with Crippen molar-refractivity contribution >= 4 is 28.7 Å². The fourth-order valence-corrected chi connectivity index (χ4v) is 3.58. The standard InChI is InChI=1S/C21H21N3O2S/c1-2-3-9-18(16-7-5-4-6-8-16)19(26)22-21-24-23-20(27-21)17-12-10-15(14-25)11-13-17/h4-8,10-14,18H,2-3,9H2,1H3,(H,22,24,26). The third-order valence-electron chi connectivity index (χ3n) is 4.31. The molecule has 5 nitrogen and oxygen atoms in total. The molecule has 0 aliphatic rings. The maximum absolute atomic E-state index is 12.8. The summed E-state index contributed by atoms with van der Waals surface area (Å²) >= 11 is 1.32. The van der Waals surface area contributed by atoms with E-state index in [-0.39, 0.29) is 11.8 Å². The normalized spacial score (nSPS) is 11.7. The van der Waals surface area contributed by atoms with Gasteiger partial charge >= 0.3 is 0 Å². The van der Waals surface area contributed by atoms with Crippen molar-refractivity contribution in [3.05, 3.63) is 65.7 Å². The molecular formula is C21H21N3O2S. The number of anilines is 1. The average Bonchev–Trinajstić information content (AvgIpc) is 3.17. The zero-order chi connectivity index (χ0) is 19.1. The Morgan fingerprint density at radius 2 is 1.85 bits per heavy atom.